The summed E-state index contributed by atoms with van der Waals surface area (Å²) in [4.78, 5) is 17.0. The van der Waals surface area contributed by atoms with Gasteiger partial charge in [-0.2, -0.15) is 0 Å². The smallest absolute Gasteiger partial charge is 0.244 e. The molecule has 0 aromatic heterocycles. The van der Waals surface area contributed by atoms with Gasteiger partial charge in [-0.15, -0.1) is 24.8 Å². The summed E-state index contributed by atoms with van der Waals surface area (Å²) < 4.78 is 0. The fourth-order valence-electron chi connectivity index (χ4n) is 3.20. The van der Waals surface area contributed by atoms with Gasteiger partial charge >= 0.3 is 0 Å². The second-order valence-electron chi connectivity index (χ2n) is 6.47. The van der Waals surface area contributed by atoms with Gasteiger partial charge < -0.3 is 10.6 Å². The molecule has 0 radical (unpaired) electrons. The molecule has 4 nitrogen and oxygen atoms in total. The minimum atomic E-state index is -0.580. The Morgan fingerprint density at radius 2 is 1.63 bits per heavy atom. The molecular weight excluding hydrogens is 405 g/mol. The molecule has 1 amide bonds. The fraction of sp³-hybridized carbons (Fsp3) is 0.350. The van der Waals surface area contributed by atoms with E-state index in [2.05, 4.69) is 17.0 Å². The number of nitrogens with zero attached hydrogens (tertiary/aromatic N) is 2. The number of halogens is 3. The zero-order valence-corrected chi connectivity index (χ0v) is 17.5. The van der Waals surface area contributed by atoms with E-state index in [0.29, 0.717) is 6.54 Å². The quantitative estimate of drug-likeness (QED) is 0.800. The maximum atomic E-state index is 12.7. The molecule has 1 unspecified atom stereocenters. The topological polar surface area (TPSA) is 49.6 Å². The third-order valence-corrected chi connectivity index (χ3v) is 4.90. The molecule has 27 heavy (non-hydrogen) atoms. The first-order valence-electron chi connectivity index (χ1n) is 8.69. The predicted molar refractivity (Wildman–Crippen MR) is 116 cm³/mol. The molecule has 1 saturated heterocycles. The zero-order valence-electron chi connectivity index (χ0n) is 15.1. The van der Waals surface area contributed by atoms with Gasteiger partial charge in [-0.25, -0.2) is 0 Å². The Kier molecular flexibility index (Phi) is 10.1. The fourth-order valence-corrected chi connectivity index (χ4v) is 3.32. The summed E-state index contributed by atoms with van der Waals surface area (Å²) in [5.41, 5.74) is 8.29. The van der Waals surface area contributed by atoms with E-state index in [1.165, 1.54) is 5.56 Å². The predicted octanol–water partition coefficient (Wildman–Crippen LogP) is 3.92. The number of amides is 1. The Hall–Kier alpha value is -1.30. The molecule has 2 aromatic rings. The van der Waals surface area contributed by atoms with Crippen molar-refractivity contribution in [2.45, 2.75) is 19.0 Å². The van der Waals surface area contributed by atoms with Crippen LogP contribution in [0.5, 0.6) is 0 Å². The van der Waals surface area contributed by atoms with E-state index < -0.39 is 6.04 Å². The molecular formula is C20H26Cl3N3O. The number of hydrogen-bond donors (Lipinski definition) is 1. The second-order valence-corrected chi connectivity index (χ2v) is 6.91. The van der Waals surface area contributed by atoms with E-state index >= 15 is 0 Å². The van der Waals surface area contributed by atoms with Crippen LogP contribution in [-0.2, 0) is 11.3 Å². The Balaban J connectivity index is 0.00000182. The maximum absolute atomic E-state index is 12.7. The number of benzene rings is 2. The summed E-state index contributed by atoms with van der Waals surface area (Å²) in [6.07, 6.45) is 0.959. The lowest BCUT2D eigenvalue weighted by atomic mass is 10.1. The minimum Gasteiger partial charge on any atom is -0.340 e. The average Bonchev–Trinajstić information content (AvgIpc) is 2.89. The van der Waals surface area contributed by atoms with Crippen molar-refractivity contribution in [2.75, 3.05) is 26.2 Å². The van der Waals surface area contributed by atoms with Crippen molar-refractivity contribution < 1.29 is 4.79 Å². The average molecular weight is 431 g/mol. The molecule has 1 aliphatic rings. The molecule has 0 saturated carbocycles. The summed E-state index contributed by atoms with van der Waals surface area (Å²) in [6.45, 7) is 4.19. The summed E-state index contributed by atoms with van der Waals surface area (Å²) in [5, 5.41) is 0.756. The molecule has 0 bridgehead atoms. The molecule has 7 heteroatoms. The van der Waals surface area contributed by atoms with Crippen LogP contribution in [0.3, 0.4) is 0 Å². The lowest BCUT2D eigenvalue weighted by Crippen LogP contribution is -2.40. The summed E-state index contributed by atoms with van der Waals surface area (Å²) in [6, 6.07) is 17.0. The van der Waals surface area contributed by atoms with Gasteiger partial charge in [0.1, 0.15) is 6.04 Å². The van der Waals surface area contributed by atoms with Crippen molar-refractivity contribution in [3.63, 3.8) is 0 Å². The SMILES string of the molecule is Cl.Cl.NC(C(=O)N1CCCN(Cc2ccc(Cl)cc2)CC1)c1ccccc1. The van der Waals surface area contributed by atoms with Crippen LogP contribution in [0, 0.1) is 0 Å². The number of hydrogen-bond acceptors (Lipinski definition) is 3. The highest BCUT2D eigenvalue weighted by atomic mass is 35.5. The number of carbonyl (C=O) groups excluding carboxylic acids is 1. The van der Waals surface area contributed by atoms with Gasteiger partial charge in [0.2, 0.25) is 5.91 Å². The summed E-state index contributed by atoms with van der Waals surface area (Å²) in [7, 11) is 0. The maximum Gasteiger partial charge on any atom is 0.244 e. The van der Waals surface area contributed by atoms with E-state index in [1.807, 2.05) is 47.4 Å². The van der Waals surface area contributed by atoms with E-state index in [1.54, 1.807) is 0 Å². The highest BCUT2D eigenvalue weighted by Crippen LogP contribution is 2.16. The van der Waals surface area contributed by atoms with Crippen molar-refractivity contribution in [1.82, 2.24) is 9.80 Å². The molecule has 1 aliphatic heterocycles. The van der Waals surface area contributed by atoms with Gasteiger partial charge in [0.15, 0.2) is 0 Å². The third kappa shape index (κ3) is 6.66. The first-order chi connectivity index (χ1) is 12.1. The van der Waals surface area contributed by atoms with E-state index in [9.17, 15) is 4.79 Å². The highest BCUT2D eigenvalue weighted by Gasteiger charge is 2.24. The monoisotopic (exact) mass is 429 g/mol. The van der Waals surface area contributed by atoms with Crippen molar-refractivity contribution in [3.8, 4) is 0 Å². The van der Waals surface area contributed by atoms with Crippen LogP contribution in [0.15, 0.2) is 54.6 Å². The molecule has 148 valence electrons. The Labute approximate surface area is 178 Å². The molecule has 2 N–H and O–H groups in total. The van der Waals surface area contributed by atoms with Gasteiger partial charge in [0, 0.05) is 37.7 Å². The van der Waals surface area contributed by atoms with Gasteiger partial charge in [0.05, 0.1) is 0 Å². The van der Waals surface area contributed by atoms with E-state index in [4.69, 9.17) is 17.3 Å². The molecule has 1 atom stereocenters. The van der Waals surface area contributed by atoms with Gasteiger partial charge in [-0.3, -0.25) is 9.69 Å². The standard InChI is InChI=1S/C20H24ClN3O.2ClH/c21-18-9-7-16(8-10-18)15-23-11-4-12-24(14-13-23)20(25)19(22)17-5-2-1-3-6-17;;/h1-3,5-10,19H,4,11-15,22H2;2*1H. The van der Waals surface area contributed by atoms with Crippen LogP contribution in [0.25, 0.3) is 0 Å². The first kappa shape index (κ1) is 23.7. The molecule has 2 aromatic carbocycles. The van der Waals surface area contributed by atoms with Crippen molar-refractivity contribution in [2.24, 2.45) is 5.73 Å². The highest BCUT2D eigenvalue weighted by molar-refractivity contribution is 6.30. The van der Waals surface area contributed by atoms with Crippen LogP contribution in [0.4, 0.5) is 0 Å². The van der Waals surface area contributed by atoms with Crippen LogP contribution >= 0.6 is 36.4 Å². The summed E-state index contributed by atoms with van der Waals surface area (Å²) >= 11 is 5.95. The Morgan fingerprint density at radius 1 is 0.963 bits per heavy atom. The van der Waals surface area contributed by atoms with Crippen molar-refractivity contribution in [3.05, 3.63) is 70.7 Å². The van der Waals surface area contributed by atoms with E-state index in [0.717, 1.165) is 43.2 Å². The molecule has 1 heterocycles. The zero-order chi connectivity index (χ0) is 17.6. The third-order valence-electron chi connectivity index (χ3n) is 4.64. The minimum absolute atomic E-state index is 0. The largest absolute Gasteiger partial charge is 0.340 e. The van der Waals surface area contributed by atoms with Gasteiger partial charge in [-0.05, 0) is 29.7 Å². The van der Waals surface area contributed by atoms with Crippen LogP contribution < -0.4 is 5.73 Å². The van der Waals surface area contributed by atoms with Crippen LogP contribution in [0.1, 0.15) is 23.6 Å². The Bertz CT molecular complexity index is 697. The van der Waals surface area contributed by atoms with Crippen LogP contribution in [0.2, 0.25) is 5.02 Å². The number of carbonyl (C=O) groups is 1. The van der Waals surface area contributed by atoms with Gasteiger partial charge in [0.25, 0.3) is 0 Å². The molecule has 0 spiro atoms. The normalized spacial score (nSPS) is 15.9. The van der Waals surface area contributed by atoms with E-state index in [-0.39, 0.29) is 30.7 Å². The molecule has 3 rings (SSSR count). The van der Waals surface area contributed by atoms with Crippen molar-refractivity contribution >= 4 is 42.3 Å². The number of nitrogens with two attached hydrogens (primary N) is 1. The van der Waals surface area contributed by atoms with Gasteiger partial charge in [-0.1, -0.05) is 54.1 Å². The lowest BCUT2D eigenvalue weighted by Gasteiger charge is -2.25. The second kappa shape index (κ2) is 11.5. The lowest BCUT2D eigenvalue weighted by molar-refractivity contribution is -0.132. The Morgan fingerprint density at radius 3 is 2.30 bits per heavy atom. The molecule has 1 fully saturated rings. The number of rotatable bonds is 4. The molecule has 0 aliphatic carbocycles. The van der Waals surface area contributed by atoms with Crippen LogP contribution in [-0.4, -0.2) is 41.9 Å². The summed E-state index contributed by atoms with van der Waals surface area (Å²) in [5.74, 6) is 0.0135. The first-order valence-corrected chi connectivity index (χ1v) is 9.07. The van der Waals surface area contributed by atoms with Crippen molar-refractivity contribution in [1.29, 1.82) is 0 Å².